The van der Waals surface area contributed by atoms with Gasteiger partial charge in [0, 0.05) is 38.1 Å². The van der Waals surface area contributed by atoms with Crippen LogP contribution in [0.5, 0.6) is 0 Å². The van der Waals surface area contributed by atoms with Crippen molar-refractivity contribution in [3.05, 3.63) is 24.0 Å². The summed E-state index contributed by atoms with van der Waals surface area (Å²) in [6.45, 7) is 8.67. The number of anilines is 1. The molecule has 1 aliphatic carbocycles. The zero-order valence-corrected chi connectivity index (χ0v) is 12.0. The zero-order chi connectivity index (χ0) is 13.1. The number of pyridine rings is 1. The first-order chi connectivity index (χ1) is 8.56. The fourth-order valence-corrected chi connectivity index (χ4v) is 2.22. The molecular formula is C15H25N3. The zero-order valence-electron chi connectivity index (χ0n) is 12.0. The van der Waals surface area contributed by atoms with E-state index in [9.17, 15) is 0 Å². The third kappa shape index (κ3) is 3.70. The SMILES string of the molecule is CC(C)NCc1cc(N(C)CC2CC2C)ccn1. The Morgan fingerprint density at radius 1 is 1.50 bits per heavy atom. The van der Waals surface area contributed by atoms with Crippen molar-refractivity contribution in [2.75, 3.05) is 18.5 Å². The van der Waals surface area contributed by atoms with Gasteiger partial charge in [-0.15, -0.1) is 0 Å². The second-order valence-electron chi connectivity index (χ2n) is 5.89. The minimum atomic E-state index is 0.500. The summed E-state index contributed by atoms with van der Waals surface area (Å²) < 4.78 is 0. The first kappa shape index (κ1) is 13.3. The molecule has 1 aliphatic rings. The molecule has 18 heavy (non-hydrogen) atoms. The van der Waals surface area contributed by atoms with Crippen LogP contribution < -0.4 is 10.2 Å². The quantitative estimate of drug-likeness (QED) is 0.837. The van der Waals surface area contributed by atoms with Crippen LogP contribution in [-0.4, -0.2) is 24.6 Å². The Kier molecular flexibility index (Phi) is 4.23. The maximum absolute atomic E-state index is 4.41. The van der Waals surface area contributed by atoms with Crippen molar-refractivity contribution in [1.82, 2.24) is 10.3 Å². The second kappa shape index (κ2) is 5.70. The lowest BCUT2D eigenvalue weighted by Crippen LogP contribution is -2.23. The van der Waals surface area contributed by atoms with E-state index < -0.39 is 0 Å². The third-order valence-electron chi connectivity index (χ3n) is 3.72. The topological polar surface area (TPSA) is 28.2 Å². The van der Waals surface area contributed by atoms with Crippen LogP contribution in [0, 0.1) is 11.8 Å². The summed E-state index contributed by atoms with van der Waals surface area (Å²) in [5.74, 6) is 1.80. The minimum absolute atomic E-state index is 0.500. The van der Waals surface area contributed by atoms with Crippen LogP contribution in [0.3, 0.4) is 0 Å². The van der Waals surface area contributed by atoms with Crippen LogP contribution in [0.1, 0.15) is 32.9 Å². The summed E-state index contributed by atoms with van der Waals surface area (Å²) in [5, 5.41) is 3.41. The number of hydrogen-bond donors (Lipinski definition) is 1. The van der Waals surface area contributed by atoms with Crippen molar-refractivity contribution in [3.63, 3.8) is 0 Å². The molecule has 0 aromatic carbocycles. The monoisotopic (exact) mass is 247 g/mol. The average Bonchev–Trinajstić information content (AvgIpc) is 3.02. The van der Waals surface area contributed by atoms with Gasteiger partial charge in [-0.3, -0.25) is 4.98 Å². The van der Waals surface area contributed by atoms with E-state index in [2.05, 4.69) is 55.2 Å². The summed E-state index contributed by atoms with van der Waals surface area (Å²) in [6, 6.07) is 4.80. The van der Waals surface area contributed by atoms with Crippen LogP contribution in [0.25, 0.3) is 0 Å². The van der Waals surface area contributed by atoms with Gasteiger partial charge in [0.05, 0.1) is 5.69 Å². The van der Waals surface area contributed by atoms with Gasteiger partial charge in [0.15, 0.2) is 0 Å². The van der Waals surface area contributed by atoms with Crippen molar-refractivity contribution >= 4 is 5.69 Å². The largest absolute Gasteiger partial charge is 0.374 e. The molecule has 1 aromatic heterocycles. The molecule has 3 heteroatoms. The second-order valence-corrected chi connectivity index (χ2v) is 5.89. The molecule has 3 nitrogen and oxygen atoms in total. The van der Waals surface area contributed by atoms with Gasteiger partial charge in [0.1, 0.15) is 0 Å². The molecule has 0 aliphatic heterocycles. The van der Waals surface area contributed by atoms with Crippen LogP contribution >= 0.6 is 0 Å². The van der Waals surface area contributed by atoms with Crippen molar-refractivity contribution in [1.29, 1.82) is 0 Å². The number of hydrogen-bond acceptors (Lipinski definition) is 3. The lowest BCUT2D eigenvalue weighted by Gasteiger charge is -2.20. The Morgan fingerprint density at radius 2 is 2.22 bits per heavy atom. The van der Waals surface area contributed by atoms with Crippen molar-refractivity contribution < 1.29 is 0 Å². The van der Waals surface area contributed by atoms with Gasteiger partial charge < -0.3 is 10.2 Å². The van der Waals surface area contributed by atoms with E-state index in [4.69, 9.17) is 0 Å². The number of nitrogens with one attached hydrogen (secondary N) is 1. The molecule has 1 saturated carbocycles. The van der Waals surface area contributed by atoms with E-state index in [1.807, 2.05) is 6.20 Å². The minimum Gasteiger partial charge on any atom is -0.374 e. The molecule has 100 valence electrons. The lowest BCUT2D eigenvalue weighted by atomic mass is 10.2. The Balaban J connectivity index is 1.93. The summed E-state index contributed by atoms with van der Waals surface area (Å²) in [5.41, 5.74) is 2.40. The highest BCUT2D eigenvalue weighted by Gasteiger charge is 2.33. The van der Waals surface area contributed by atoms with E-state index >= 15 is 0 Å². The summed E-state index contributed by atoms with van der Waals surface area (Å²) >= 11 is 0. The molecule has 2 atom stereocenters. The molecule has 2 unspecified atom stereocenters. The molecule has 2 rings (SSSR count). The molecule has 0 bridgehead atoms. The van der Waals surface area contributed by atoms with E-state index in [0.29, 0.717) is 6.04 Å². The molecule has 0 amide bonds. The van der Waals surface area contributed by atoms with E-state index in [1.165, 1.54) is 18.7 Å². The molecule has 0 saturated heterocycles. The van der Waals surface area contributed by atoms with E-state index in [1.54, 1.807) is 0 Å². The molecular weight excluding hydrogens is 222 g/mol. The highest BCUT2D eigenvalue weighted by atomic mass is 15.1. The highest BCUT2D eigenvalue weighted by Crippen LogP contribution is 2.38. The molecule has 1 fully saturated rings. The van der Waals surface area contributed by atoms with Crippen LogP contribution in [0.2, 0.25) is 0 Å². The molecule has 1 N–H and O–H groups in total. The average molecular weight is 247 g/mol. The molecule has 0 radical (unpaired) electrons. The van der Waals surface area contributed by atoms with Gasteiger partial charge in [0.2, 0.25) is 0 Å². The van der Waals surface area contributed by atoms with Gasteiger partial charge in [-0.05, 0) is 30.4 Å². The van der Waals surface area contributed by atoms with Crippen molar-refractivity contribution in [2.24, 2.45) is 11.8 Å². The number of aromatic nitrogens is 1. The van der Waals surface area contributed by atoms with Crippen molar-refractivity contribution in [3.8, 4) is 0 Å². The maximum atomic E-state index is 4.41. The molecule has 1 aromatic rings. The van der Waals surface area contributed by atoms with Gasteiger partial charge in [0.25, 0.3) is 0 Å². The first-order valence-electron chi connectivity index (χ1n) is 6.95. The summed E-state index contributed by atoms with van der Waals surface area (Å²) in [6.07, 6.45) is 3.30. The van der Waals surface area contributed by atoms with Crippen LogP contribution in [0.15, 0.2) is 18.3 Å². The van der Waals surface area contributed by atoms with Crippen LogP contribution in [-0.2, 0) is 6.54 Å². The smallest absolute Gasteiger partial charge is 0.0562 e. The van der Waals surface area contributed by atoms with Gasteiger partial charge in [-0.1, -0.05) is 20.8 Å². The standard InChI is InChI=1S/C15H25N3/c1-11(2)17-9-14-8-15(5-6-16-14)18(4)10-13-7-12(13)3/h5-6,8,11-13,17H,7,9-10H2,1-4H3. The van der Waals surface area contributed by atoms with Gasteiger partial charge in [-0.25, -0.2) is 0 Å². The number of nitrogens with zero attached hydrogens (tertiary/aromatic N) is 2. The Labute approximate surface area is 111 Å². The first-order valence-corrected chi connectivity index (χ1v) is 6.95. The van der Waals surface area contributed by atoms with E-state index in [0.717, 1.165) is 24.1 Å². The van der Waals surface area contributed by atoms with Gasteiger partial charge >= 0.3 is 0 Å². The Bertz CT molecular complexity index is 389. The Hall–Kier alpha value is -1.09. The molecule has 1 heterocycles. The fourth-order valence-electron chi connectivity index (χ4n) is 2.22. The van der Waals surface area contributed by atoms with Crippen LogP contribution in [0.4, 0.5) is 5.69 Å². The normalized spacial score (nSPS) is 22.3. The molecule has 0 spiro atoms. The summed E-state index contributed by atoms with van der Waals surface area (Å²) in [4.78, 5) is 6.77. The maximum Gasteiger partial charge on any atom is 0.0562 e. The van der Waals surface area contributed by atoms with Crippen molar-refractivity contribution in [2.45, 2.75) is 39.8 Å². The predicted molar refractivity (Wildman–Crippen MR) is 76.8 cm³/mol. The fraction of sp³-hybridized carbons (Fsp3) is 0.667. The predicted octanol–water partition coefficient (Wildman–Crippen LogP) is 2.67. The Morgan fingerprint density at radius 3 is 2.83 bits per heavy atom. The highest BCUT2D eigenvalue weighted by molar-refractivity contribution is 5.46. The van der Waals surface area contributed by atoms with Gasteiger partial charge in [-0.2, -0.15) is 0 Å². The van der Waals surface area contributed by atoms with E-state index in [-0.39, 0.29) is 0 Å². The third-order valence-corrected chi connectivity index (χ3v) is 3.72. The summed E-state index contributed by atoms with van der Waals surface area (Å²) in [7, 11) is 2.18. The number of rotatable bonds is 6. The lowest BCUT2D eigenvalue weighted by molar-refractivity contribution is 0.581.